The minimum atomic E-state index is -3.52. The molecule has 0 fully saturated rings. The van der Waals surface area contributed by atoms with E-state index in [4.69, 9.17) is 0 Å². The number of halogens is 1. The molecule has 1 aromatic heterocycles. The monoisotopic (exact) mass is 501 g/mol. The Balaban J connectivity index is 1.88. The van der Waals surface area contributed by atoms with Crippen molar-refractivity contribution < 1.29 is 13.2 Å². The topological polar surface area (TPSA) is 79.4 Å². The molecule has 0 aliphatic carbocycles. The molecule has 3 rings (SSSR count). The zero-order valence-electron chi connectivity index (χ0n) is 14.1. The maximum Gasteiger partial charge on any atom is 0.257 e. The van der Waals surface area contributed by atoms with Gasteiger partial charge < -0.3 is 0 Å². The zero-order chi connectivity index (χ0) is 18.9. The number of nitrogens with one attached hydrogen (secondary N) is 1. The summed E-state index contributed by atoms with van der Waals surface area (Å²) in [5.74, 6) is -0.251. The van der Waals surface area contributed by atoms with E-state index in [1.54, 1.807) is 38.2 Å². The van der Waals surface area contributed by atoms with E-state index in [9.17, 15) is 13.2 Å². The molecule has 9 heteroatoms. The molecule has 0 aliphatic rings. The van der Waals surface area contributed by atoms with E-state index in [0.29, 0.717) is 27.5 Å². The molecular weight excluding hydrogens is 485 g/mol. The lowest BCUT2D eigenvalue weighted by Gasteiger charge is -2.14. The Morgan fingerprint density at radius 2 is 1.92 bits per heavy atom. The van der Waals surface area contributed by atoms with Crippen LogP contribution < -0.4 is 5.32 Å². The Bertz CT molecular complexity index is 1060. The van der Waals surface area contributed by atoms with Crippen molar-refractivity contribution in [3.63, 3.8) is 0 Å². The third kappa shape index (κ3) is 3.90. The van der Waals surface area contributed by atoms with Crippen LogP contribution in [-0.2, 0) is 10.0 Å². The number of aromatic nitrogens is 1. The highest BCUT2D eigenvalue weighted by molar-refractivity contribution is 14.1. The van der Waals surface area contributed by atoms with Gasteiger partial charge in [0, 0.05) is 22.7 Å². The molecule has 1 heterocycles. The Morgan fingerprint density at radius 1 is 1.23 bits per heavy atom. The summed E-state index contributed by atoms with van der Waals surface area (Å²) in [6.07, 6.45) is 0. The number of sulfonamides is 1. The van der Waals surface area contributed by atoms with Gasteiger partial charge in [-0.05, 0) is 65.1 Å². The second-order valence-electron chi connectivity index (χ2n) is 5.53. The van der Waals surface area contributed by atoms with Gasteiger partial charge >= 0.3 is 0 Å². The van der Waals surface area contributed by atoms with Crippen LogP contribution in [0.25, 0.3) is 10.2 Å². The van der Waals surface area contributed by atoms with E-state index in [0.717, 1.165) is 3.57 Å². The number of benzene rings is 2. The first-order valence-corrected chi connectivity index (χ1v) is 11.1. The molecule has 1 amide bonds. The SMILES string of the molecule is CCN(C)S(=O)(=O)c1ccc2nc(NC(=O)c3ccc(I)cc3)sc2c1. The number of anilines is 1. The van der Waals surface area contributed by atoms with E-state index in [2.05, 4.69) is 32.9 Å². The molecule has 26 heavy (non-hydrogen) atoms. The summed E-state index contributed by atoms with van der Waals surface area (Å²) in [5, 5.41) is 3.20. The highest BCUT2D eigenvalue weighted by atomic mass is 127. The quantitative estimate of drug-likeness (QED) is 0.540. The second kappa shape index (κ2) is 7.59. The van der Waals surface area contributed by atoms with Gasteiger partial charge in [0.15, 0.2) is 5.13 Å². The van der Waals surface area contributed by atoms with Gasteiger partial charge in [-0.25, -0.2) is 17.7 Å². The summed E-state index contributed by atoms with van der Waals surface area (Å²) in [6, 6.07) is 12.0. The molecule has 0 spiro atoms. The average Bonchev–Trinajstić information content (AvgIpc) is 3.02. The second-order valence-corrected chi connectivity index (χ2v) is 9.85. The summed E-state index contributed by atoms with van der Waals surface area (Å²) in [4.78, 5) is 16.9. The molecule has 0 saturated heterocycles. The predicted molar refractivity (Wildman–Crippen MR) is 112 cm³/mol. The molecule has 6 nitrogen and oxygen atoms in total. The fourth-order valence-corrected chi connectivity index (χ4v) is 4.78. The maximum absolute atomic E-state index is 12.4. The van der Waals surface area contributed by atoms with Gasteiger partial charge in [-0.1, -0.05) is 18.3 Å². The van der Waals surface area contributed by atoms with Crippen LogP contribution in [0.3, 0.4) is 0 Å². The average molecular weight is 501 g/mol. The van der Waals surface area contributed by atoms with Crippen LogP contribution in [0.15, 0.2) is 47.4 Å². The van der Waals surface area contributed by atoms with Crippen molar-refractivity contribution in [1.29, 1.82) is 0 Å². The summed E-state index contributed by atoms with van der Waals surface area (Å²) in [6.45, 7) is 2.17. The van der Waals surface area contributed by atoms with Crippen molar-refractivity contribution in [1.82, 2.24) is 9.29 Å². The molecule has 1 N–H and O–H groups in total. The highest BCUT2D eigenvalue weighted by Gasteiger charge is 2.20. The molecule has 2 aromatic carbocycles. The van der Waals surface area contributed by atoms with Gasteiger partial charge in [-0.3, -0.25) is 10.1 Å². The van der Waals surface area contributed by atoms with Crippen LogP contribution >= 0.6 is 33.9 Å². The number of fused-ring (bicyclic) bond motifs is 1. The first kappa shape index (κ1) is 19.2. The van der Waals surface area contributed by atoms with E-state index >= 15 is 0 Å². The van der Waals surface area contributed by atoms with E-state index < -0.39 is 10.0 Å². The van der Waals surface area contributed by atoms with Crippen molar-refractivity contribution in [3.8, 4) is 0 Å². The zero-order valence-corrected chi connectivity index (χ0v) is 17.9. The van der Waals surface area contributed by atoms with E-state index in [1.807, 2.05) is 12.1 Å². The van der Waals surface area contributed by atoms with Gasteiger partial charge in [-0.2, -0.15) is 0 Å². The summed E-state index contributed by atoms with van der Waals surface area (Å²) < 4.78 is 27.9. The van der Waals surface area contributed by atoms with Crippen molar-refractivity contribution in [2.24, 2.45) is 0 Å². The van der Waals surface area contributed by atoms with Crippen LogP contribution in [0.2, 0.25) is 0 Å². The fraction of sp³-hybridized carbons (Fsp3) is 0.176. The standard InChI is InChI=1S/C17H16IN3O3S2/c1-3-21(2)26(23,24)13-8-9-14-15(10-13)25-17(19-14)20-16(22)11-4-6-12(18)7-5-11/h4-10H,3H2,1-2H3,(H,19,20,22). The Labute approximate surface area is 169 Å². The van der Waals surface area contributed by atoms with Crippen LogP contribution in [0.4, 0.5) is 5.13 Å². The lowest BCUT2D eigenvalue weighted by atomic mass is 10.2. The van der Waals surface area contributed by atoms with Crippen LogP contribution in [0, 0.1) is 3.57 Å². The predicted octanol–water partition coefficient (Wildman–Crippen LogP) is 3.79. The minimum absolute atomic E-state index is 0.216. The number of carbonyl (C=O) groups is 1. The summed E-state index contributed by atoms with van der Waals surface area (Å²) in [5.41, 5.74) is 1.18. The van der Waals surface area contributed by atoms with E-state index in [-0.39, 0.29) is 10.8 Å². The summed E-state index contributed by atoms with van der Waals surface area (Å²) >= 11 is 3.42. The maximum atomic E-state index is 12.4. The molecule has 0 bridgehead atoms. The molecule has 0 atom stereocenters. The number of hydrogen-bond donors (Lipinski definition) is 1. The normalized spacial score (nSPS) is 11.8. The molecule has 0 unspecified atom stereocenters. The van der Waals surface area contributed by atoms with Gasteiger partial charge in [-0.15, -0.1) is 0 Å². The minimum Gasteiger partial charge on any atom is -0.298 e. The molecule has 3 aromatic rings. The molecule has 136 valence electrons. The number of carbonyl (C=O) groups excluding carboxylic acids is 1. The third-order valence-corrected chi connectivity index (χ3v) is 7.42. The van der Waals surface area contributed by atoms with Gasteiger partial charge in [0.1, 0.15) is 0 Å². The van der Waals surface area contributed by atoms with Gasteiger partial charge in [0.25, 0.3) is 5.91 Å². The van der Waals surface area contributed by atoms with Gasteiger partial charge in [0.2, 0.25) is 10.0 Å². The van der Waals surface area contributed by atoms with Crippen molar-refractivity contribution in [3.05, 3.63) is 51.6 Å². The molecule has 0 saturated carbocycles. The van der Waals surface area contributed by atoms with Gasteiger partial charge in [0.05, 0.1) is 15.1 Å². The van der Waals surface area contributed by atoms with Crippen molar-refractivity contribution in [2.45, 2.75) is 11.8 Å². The van der Waals surface area contributed by atoms with E-state index in [1.165, 1.54) is 21.7 Å². The number of rotatable bonds is 5. The highest BCUT2D eigenvalue weighted by Crippen LogP contribution is 2.29. The van der Waals surface area contributed by atoms with Crippen LogP contribution in [0.5, 0.6) is 0 Å². The Morgan fingerprint density at radius 3 is 2.58 bits per heavy atom. The molecule has 0 aliphatic heterocycles. The molecule has 0 radical (unpaired) electrons. The Kier molecular flexibility index (Phi) is 5.61. The first-order chi connectivity index (χ1) is 12.3. The number of hydrogen-bond acceptors (Lipinski definition) is 5. The number of thiazole rings is 1. The van der Waals surface area contributed by atoms with Crippen molar-refractivity contribution >= 4 is 65.2 Å². The largest absolute Gasteiger partial charge is 0.298 e. The fourth-order valence-electron chi connectivity index (χ4n) is 2.24. The van der Waals surface area contributed by atoms with Crippen LogP contribution in [0.1, 0.15) is 17.3 Å². The van der Waals surface area contributed by atoms with Crippen molar-refractivity contribution in [2.75, 3.05) is 18.9 Å². The molecular formula is C17H16IN3O3S2. The smallest absolute Gasteiger partial charge is 0.257 e. The first-order valence-electron chi connectivity index (χ1n) is 7.75. The third-order valence-electron chi connectivity index (χ3n) is 3.84. The lowest BCUT2D eigenvalue weighted by molar-refractivity contribution is 0.102. The number of amides is 1. The lowest BCUT2D eigenvalue weighted by Crippen LogP contribution is -2.26. The Hall–Kier alpha value is -1.56. The summed E-state index contributed by atoms with van der Waals surface area (Å²) in [7, 11) is -1.98. The van der Waals surface area contributed by atoms with Crippen LogP contribution in [-0.4, -0.2) is 37.2 Å². The number of nitrogens with zero attached hydrogens (tertiary/aromatic N) is 2.